The zero-order valence-electron chi connectivity index (χ0n) is 57.6. The molecule has 0 bridgehead atoms. The summed E-state index contributed by atoms with van der Waals surface area (Å²) in [4.78, 5) is 72.3. The molecule has 0 spiro atoms. The van der Waals surface area contributed by atoms with Crippen LogP contribution in [-0.4, -0.2) is 96.7 Å². The van der Waals surface area contributed by atoms with E-state index in [1.807, 2.05) is 0 Å². The van der Waals surface area contributed by atoms with Gasteiger partial charge in [0.2, 0.25) is 0 Å². The summed E-state index contributed by atoms with van der Waals surface area (Å²) in [6, 6.07) is 0. The Morgan fingerprint density at radius 3 is 0.798 bits per heavy atom. The Hall–Kier alpha value is -1.94. The van der Waals surface area contributed by atoms with Crippen LogP contribution in [0.4, 0.5) is 0 Å². The lowest BCUT2D eigenvalue weighted by Crippen LogP contribution is -2.30. The molecule has 0 aliphatic rings. The highest BCUT2D eigenvalue weighted by Gasteiger charge is 2.30. The predicted octanol–water partition coefficient (Wildman–Crippen LogP) is 20.1. The van der Waals surface area contributed by atoms with Gasteiger partial charge in [-0.1, -0.05) is 311 Å². The van der Waals surface area contributed by atoms with Crippen LogP contribution < -0.4 is 0 Å². The summed E-state index contributed by atoms with van der Waals surface area (Å²) in [5.74, 6) is -1.40. The topological polar surface area (TPSA) is 237 Å². The third-order valence-corrected chi connectivity index (χ3v) is 18.5. The molecule has 0 saturated carbocycles. The normalized spacial score (nSPS) is 14.4. The number of hydrogen-bond donors (Lipinski definition) is 3. The van der Waals surface area contributed by atoms with Crippen LogP contribution in [0.25, 0.3) is 0 Å². The summed E-state index contributed by atoms with van der Waals surface area (Å²) < 4.78 is 68.1. The number of carbonyl (C=O) groups is 4. The Morgan fingerprint density at radius 1 is 0.315 bits per heavy atom. The first-order valence-electron chi connectivity index (χ1n) is 36.7. The third kappa shape index (κ3) is 63.2. The Morgan fingerprint density at radius 2 is 0.539 bits per heavy atom. The van der Waals surface area contributed by atoms with Crippen LogP contribution in [0, 0.1) is 5.92 Å². The Balaban J connectivity index is 5.09. The number of aliphatic hydroxyl groups excluding tert-OH is 1. The van der Waals surface area contributed by atoms with Crippen LogP contribution in [0.5, 0.6) is 0 Å². The molecule has 0 fully saturated rings. The van der Waals surface area contributed by atoms with Crippen molar-refractivity contribution in [3.05, 3.63) is 0 Å². The number of aliphatic hydroxyl groups is 1. The van der Waals surface area contributed by atoms with Crippen molar-refractivity contribution < 1.29 is 80.2 Å². The average molecular weight is 1310 g/mol. The van der Waals surface area contributed by atoms with Gasteiger partial charge in [0.1, 0.15) is 19.3 Å². The number of ether oxygens (including phenoxy) is 4. The van der Waals surface area contributed by atoms with Crippen LogP contribution in [0.15, 0.2) is 0 Å². The van der Waals surface area contributed by atoms with Crippen molar-refractivity contribution in [1.82, 2.24) is 0 Å². The monoisotopic (exact) mass is 1310 g/mol. The van der Waals surface area contributed by atoms with E-state index in [4.69, 9.17) is 37.0 Å². The molecule has 528 valence electrons. The van der Waals surface area contributed by atoms with Crippen molar-refractivity contribution in [2.75, 3.05) is 39.6 Å². The first-order chi connectivity index (χ1) is 43.1. The molecular weight excluding hydrogens is 1170 g/mol. The highest BCUT2D eigenvalue weighted by Crippen LogP contribution is 2.45. The maximum absolute atomic E-state index is 13.0. The molecule has 0 aliphatic heterocycles. The Kier molecular flexibility index (Phi) is 62.1. The molecule has 0 aromatic rings. The Labute approximate surface area is 543 Å². The SMILES string of the molecule is CCCCCCCCCCCCCCCCCCCCCCCCC(=O)O[C@H](COC(=O)CCCCCCCCC(C)CC)COP(=O)(O)OC[C@@H](O)COP(=O)(O)OC[C@@H](COC(=O)CCCCCCCCC)OC(=O)CCCCCCCCCCCC. The fourth-order valence-corrected chi connectivity index (χ4v) is 12.2. The molecule has 17 nitrogen and oxygen atoms in total. The first kappa shape index (κ1) is 87.1. The van der Waals surface area contributed by atoms with Crippen LogP contribution in [0.3, 0.4) is 0 Å². The van der Waals surface area contributed by atoms with Gasteiger partial charge in [0.05, 0.1) is 26.4 Å². The van der Waals surface area contributed by atoms with Gasteiger partial charge in [-0.05, 0) is 31.6 Å². The van der Waals surface area contributed by atoms with E-state index in [2.05, 4.69) is 34.6 Å². The number of phosphoric ester groups is 2. The van der Waals surface area contributed by atoms with Crippen LogP contribution in [-0.2, 0) is 65.4 Å². The Bertz CT molecular complexity index is 1720. The second kappa shape index (κ2) is 63.5. The van der Waals surface area contributed by atoms with Gasteiger partial charge in [0.25, 0.3) is 0 Å². The van der Waals surface area contributed by atoms with Crippen molar-refractivity contribution in [2.24, 2.45) is 5.92 Å². The number of hydrogen-bond acceptors (Lipinski definition) is 15. The molecule has 89 heavy (non-hydrogen) atoms. The van der Waals surface area contributed by atoms with E-state index in [-0.39, 0.29) is 25.7 Å². The molecule has 0 aromatic carbocycles. The average Bonchev–Trinajstić information content (AvgIpc) is 3.73. The van der Waals surface area contributed by atoms with Gasteiger partial charge in [-0.15, -0.1) is 0 Å². The second-order valence-corrected chi connectivity index (χ2v) is 28.4. The van der Waals surface area contributed by atoms with Gasteiger partial charge in [-0.3, -0.25) is 37.3 Å². The lowest BCUT2D eigenvalue weighted by Gasteiger charge is -2.21. The highest BCUT2D eigenvalue weighted by atomic mass is 31.2. The quantitative estimate of drug-likeness (QED) is 0.0222. The maximum atomic E-state index is 13.0. The number of carbonyl (C=O) groups excluding carboxylic acids is 4. The van der Waals surface area contributed by atoms with Crippen LogP contribution in [0.1, 0.15) is 362 Å². The van der Waals surface area contributed by atoms with Crippen LogP contribution >= 0.6 is 15.6 Å². The molecule has 0 radical (unpaired) electrons. The molecule has 3 unspecified atom stereocenters. The summed E-state index contributed by atoms with van der Waals surface area (Å²) in [6.45, 7) is 7.15. The summed E-state index contributed by atoms with van der Waals surface area (Å²) >= 11 is 0. The molecule has 0 saturated heterocycles. The summed E-state index contributed by atoms with van der Waals surface area (Å²) in [5.41, 5.74) is 0. The molecule has 3 N–H and O–H groups in total. The number of phosphoric acid groups is 2. The predicted molar refractivity (Wildman–Crippen MR) is 358 cm³/mol. The standard InChI is InChI=1S/C70H136O17P2/c1-6-10-13-16-19-21-23-24-25-26-27-28-29-30-31-32-33-34-36-39-46-51-56-70(75)87-66(60-81-68(73)54-49-44-41-40-42-47-52-63(5)9-4)62-85-89(78,79)83-58-64(71)57-82-88(76,77)84-61-65(59-80-67(72)53-48-43-37-18-15-12-8-3)86-69(74)55-50-45-38-35-22-20-17-14-11-7-2/h63-66,71H,6-62H2,1-5H3,(H,76,77)(H,78,79)/t63?,64-,65+,66+/m0/s1. The molecule has 0 rings (SSSR count). The summed E-state index contributed by atoms with van der Waals surface area (Å²) in [7, 11) is -9.89. The molecule has 0 amide bonds. The van der Waals surface area contributed by atoms with Crippen LogP contribution in [0.2, 0.25) is 0 Å². The van der Waals surface area contributed by atoms with E-state index in [0.29, 0.717) is 25.7 Å². The molecule has 0 aromatic heterocycles. The lowest BCUT2D eigenvalue weighted by molar-refractivity contribution is -0.161. The third-order valence-electron chi connectivity index (χ3n) is 16.6. The number of rotatable bonds is 70. The minimum atomic E-state index is -4.95. The van der Waals surface area contributed by atoms with Gasteiger partial charge in [-0.25, -0.2) is 9.13 Å². The molecule has 19 heteroatoms. The summed E-state index contributed by atoms with van der Waals surface area (Å²) in [6.07, 6.45) is 50.4. The van der Waals surface area contributed by atoms with Gasteiger partial charge in [0, 0.05) is 25.7 Å². The fourth-order valence-electron chi connectivity index (χ4n) is 10.6. The van der Waals surface area contributed by atoms with E-state index >= 15 is 0 Å². The minimum Gasteiger partial charge on any atom is -0.462 e. The largest absolute Gasteiger partial charge is 0.472 e. The van der Waals surface area contributed by atoms with E-state index in [1.54, 1.807) is 0 Å². The van der Waals surface area contributed by atoms with Crippen molar-refractivity contribution in [2.45, 2.75) is 380 Å². The number of unbranched alkanes of at least 4 members (excludes halogenated alkanes) is 41. The van der Waals surface area contributed by atoms with Crippen molar-refractivity contribution in [3.8, 4) is 0 Å². The molecule has 0 aliphatic carbocycles. The van der Waals surface area contributed by atoms with Gasteiger partial charge >= 0.3 is 39.5 Å². The van der Waals surface area contributed by atoms with E-state index < -0.39 is 97.5 Å². The van der Waals surface area contributed by atoms with Gasteiger partial charge < -0.3 is 33.8 Å². The zero-order chi connectivity index (χ0) is 65.6. The fraction of sp³-hybridized carbons (Fsp3) is 0.943. The van der Waals surface area contributed by atoms with E-state index in [1.165, 1.54) is 167 Å². The van der Waals surface area contributed by atoms with Crippen molar-refractivity contribution in [3.63, 3.8) is 0 Å². The van der Waals surface area contributed by atoms with E-state index in [0.717, 1.165) is 115 Å². The van der Waals surface area contributed by atoms with E-state index in [9.17, 15) is 43.2 Å². The zero-order valence-corrected chi connectivity index (χ0v) is 59.4. The lowest BCUT2D eigenvalue weighted by atomic mass is 10.00. The molecular formula is C70H136O17P2. The van der Waals surface area contributed by atoms with Gasteiger partial charge in [0.15, 0.2) is 12.2 Å². The first-order valence-corrected chi connectivity index (χ1v) is 39.7. The van der Waals surface area contributed by atoms with Gasteiger partial charge in [-0.2, -0.15) is 0 Å². The molecule has 0 heterocycles. The number of esters is 4. The minimum absolute atomic E-state index is 0.106. The maximum Gasteiger partial charge on any atom is 0.472 e. The molecule has 6 atom stereocenters. The smallest absolute Gasteiger partial charge is 0.462 e. The second-order valence-electron chi connectivity index (χ2n) is 25.5. The summed E-state index contributed by atoms with van der Waals surface area (Å²) in [5, 5.41) is 10.6. The van der Waals surface area contributed by atoms with Crippen molar-refractivity contribution >= 4 is 39.5 Å². The van der Waals surface area contributed by atoms with Crippen molar-refractivity contribution in [1.29, 1.82) is 0 Å². The highest BCUT2D eigenvalue weighted by molar-refractivity contribution is 7.47.